The Labute approximate surface area is 141 Å². The summed E-state index contributed by atoms with van der Waals surface area (Å²) in [5.41, 5.74) is 0.248. The highest BCUT2D eigenvalue weighted by molar-refractivity contribution is 6.05. The zero-order chi connectivity index (χ0) is 17.3. The van der Waals surface area contributed by atoms with Gasteiger partial charge in [-0.1, -0.05) is 30.3 Å². The van der Waals surface area contributed by atoms with Crippen LogP contribution in [-0.2, 0) is 4.79 Å². The van der Waals surface area contributed by atoms with Crippen LogP contribution in [0.5, 0.6) is 5.75 Å². The first-order valence-electron chi connectivity index (χ1n) is 8.31. The number of aromatic hydroxyl groups is 1. The first kappa shape index (κ1) is 16.3. The number of rotatable bonds is 3. The van der Waals surface area contributed by atoms with Crippen LogP contribution in [-0.4, -0.2) is 40.4 Å². The van der Waals surface area contributed by atoms with Gasteiger partial charge < -0.3 is 15.3 Å². The number of amides is 2. The molecule has 2 aromatic rings. The van der Waals surface area contributed by atoms with Crippen molar-refractivity contribution >= 4 is 22.6 Å². The van der Waals surface area contributed by atoms with Gasteiger partial charge >= 0.3 is 0 Å². The second-order valence-corrected chi connectivity index (χ2v) is 6.50. The Morgan fingerprint density at radius 1 is 1.21 bits per heavy atom. The first-order valence-corrected chi connectivity index (χ1v) is 8.31. The highest BCUT2D eigenvalue weighted by atomic mass is 16.3. The van der Waals surface area contributed by atoms with Crippen molar-refractivity contribution in [2.45, 2.75) is 38.8 Å². The predicted molar refractivity (Wildman–Crippen MR) is 93.0 cm³/mol. The smallest absolute Gasteiger partial charge is 0.258 e. The van der Waals surface area contributed by atoms with Crippen LogP contribution in [0.3, 0.4) is 0 Å². The van der Waals surface area contributed by atoms with Gasteiger partial charge in [-0.2, -0.15) is 0 Å². The van der Waals surface area contributed by atoms with Gasteiger partial charge in [0.25, 0.3) is 5.91 Å². The fraction of sp³-hybridized carbons (Fsp3) is 0.368. The van der Waals surface area contributed by atoms with Gasteiger partial charge in [-0.25, -0.2) is 0 Å². The Morgan fingerprint density at radius 2 is 1.96 bits per heavy atom. The van der Waals surface area contributed by atoms with Crippen LogP contribution in [0.15, 0.2) is 36.4 Å². The lowest BCUT2D eigenvalue weighted by Crippen LogP contribution is -2.47. The second kappa shape index (κ2) is 6.51. The van der Waals surface area contributed by atoms with E-state index in [9.17, 15) is 14.7 Å². The van der Waals surface area contributed by atoms with Gasteiger partial charge in [0.1, 0.15) is 11.8 Å². The number of nitrogens with zero attached hydrogens (tertiary/aromatic N) is 1. The maximum Gasteiger partial charge on any atom is 0.258 e. The number of likely N-dealkylation sites (tertiary alicyclic amines) is 1. The molecule has 0 aliphatic carbocycles. The zero-order valence-electron chi connectivity index (χ0n) is 14.0. The normalized spacial score (nSPS) is 17.5. The molecule has 0 spiro atoms. The third-order valence-corrected chi connectivity index (χ3v) is 4.38. The van der Waals surface area contributed by atoms with Crippen LogP contribution < -0.4 is 5.32 Å². The fourth-order valence-electron chi connectivity index (χ4n) is 3.25. The lowest BCUT2D eigenvalue weighted by molar-refractivity contribution is -0.125. The molecule has 5 nitrogen and oxygen atoms in total. The summed E-state index contributed by atoms with van der Waals surface area (Å²) in [7, 11) is 0. The molecule has 0 radical (unpaired) electrons. The van der Waals surface area contributed by atoms with E-state index in [4.69, 9.17) is 0 Å². The molecule has 1 aliphatic rings. The van der Waals surface area contributed by atoms with E-state index in [-0.39, 0.29) is 29.2 Å². The lowest BCUT2D eigenvalue weighted by atomic mass is 10.0. The van der Waals surface area contributed by atoms with Crippen LogP contribution in [0.2, 0.25) is 0 Å². The summed E-state index contributed by atoms with van der Waals surface area (Å²) in [5.74, 6) is -0.441. The number of carbonyl (C=O) groups is 2. The molecule has 5 heteroatoms. The minimum absolute atomic E-state index is 0.0204. The quantitative estimate of drug-likeness (QED) is 0.911. The molecular weight excluding hydrogens is 304 g/mol. The maximum atomic E-state index is 12.9. The number of phenols is 1. The van der Waals surface area contributed by atoms with Crippen molar-refractivity contribution in [3.8, 4) is 5.75 Å². The van der Waals surface area contributed by atoms with E-state index < -0.39 is 6.04 Å². The highest BCUT2D eigenvalue weighted by Gasteiger charge is 2.35. The molecule has 2 aromatic carbocycles. The number of hydrogen-bond acceptors (Lipinski definition) is 3. The molecule has 126 valence electrons. The highest BCUT2D eigenvalue weighted by Crippen LogP contribution is 2.31. The Hall–Kier alpha value is -2.56. The van der Waals surface area contributed by atoms with Crippen LogP contribution in [0.25, 0.3) is 10.8 Å². The van der Waals surface area contributed by atoms with Gasteiger partial charge in [0.15, 0.2) is 0 Å². The topological polar surface area (TPSA) is 69.6 Å². The largest absolute Gasteiger partial charge is 0.506 e. The van der Waals surface area contributed by atoms with Crippen molar-refractivity contribution in [1.29, 1.82) is 0 Å². The minimum Gasteiger partial charge on any atom is -0.506 e. The number of fused-ring (bicyclic) bond motifs is 1. The molecule has 0 aromatic heterocycles. The van der Waals surface area contributed by atoms with E-state index in [0.29, 0.717) is 18.4 Å². The van der Waals surface area contributed by atoms with Crippen LogP contribution >= 0.6 is 0 Å². The average molecular weight is 326 g/mol. The first-order chi connectivity index (χ1) is 11.5. The van der Waals surface area contributed by atoms with Gasteiger partial charge in [0.2, 0.25) is 5.91 Å². The predicted octanol–water partition coefficient (Wildman–Crippen LogP) is 2.67. The van der Waals surface area contributed by atoms with E-state index in [1.165, 1.54) is 0 Å². The number of phenolic OH excluding ortho intramolecular Hbond substituents is 1. The molecule has 1 aliphatic heterocycles. The van der Waals surface area contributed by atoms with Crippen molar-refractivity contribution in [3.05, 3.63) is 42.0 Å². The maximum absolute atomic E-state index is 12.9. The third kappa shape index (κ3) is 2.94. The van der Waals surface area contributed by atoms with Crippen LogP contribution in [0.1, 0.15) is 37.0 Å². The van der Waals surface area contributed by atoms with Crippen molar-refractivity contribution in [2.75, 3.05) is 6.54 Å². The molecule has 1 heterocycles. The van der Waals surface area contributed by atoms with Gasteiger partial charge in [0.05, 0.1) is 5.56 Å². The number of hydrogen-bond donors (Lipinski definition) is 2. The Bertz CT molecular complexity index is 785. The summed E-state index contributed by atoms with van der Waals surface area (Å²) in [5, 5.41) is 14.9. The van der Waals surface area contributed by atoms with Crippen molar-refractivity contribution in [3.63, 3.8) is 0 Å². The summed E-state index contributed by atoms with van der Waals surface area (Å²) in [6.07, 6.45) is 1.44. The lowest BCUT2D eigenvalue weighted by Gasteiger charge is -2.25. The van der Waals surface area contributed by atoms with E-state index in [2.05, 4.69) is 5.32 Å². The van der Waals surface area contributed by atoms with Crippen molar-refractivity contribution in [2.24, 2.45) is 0 Å². The van der Waals surface area contributed by atoms with E-state index in [0.717, 1.165) is 11.8 Å². The molecule has 1 fully saturated rings. The number of benzene rings is 2. The molecule has 1 atom stereocenters. The summed E-state index contributed by atoms with van der Waals surface area (Å²) < 4.78 is 0. The monoisotopic (exact) mass is 326 g/mol. The molecule has 1 saturated heterocycles. The molecular formula is C19H22N2O3. The van der Waals surface area contributed by atoms with Crippen LogP contribution in [0.4, 0.5) is 0 Å². The van der Waals surface area contributed by atoms with Crippen molar-refractivity contribution in [1.82, 2.24) is 10.2 Å². The Balaban J connectivity index is 1.91. The van der Waals surface area contributed by atoms with Gasteiger partial charge in [0, 0.05) is 18.0 Å². The molecule has 24 heavy (non-hydrogen) atoms. The third-order valence-electron chi connectivity index (χ3n) is 4.38. The van der Waals surface area contributed by atoms with Crippen LogP contribution in [0, 0.1) is 0 Å². The standard InChI is InChI=1S/C19H22N2O3/c1-12(2)20-18(23)16-8-5-11-21(16)19(24)15-10-9-13-6-3-4-7-14(13)17(15)22/h3-4,6-7,9-10,12,16,22H,5,8,11H2,1-2H3,(H,20,23)/t16-/m1/s1. The molecule has 2 amide bonds. The van der Waals surface area contributed by atoms with Gasteiger partial charge in [-0.15, -0.1) is 0 Å². The second-order valence-electron chi connectivity index (χ2n) is 6.50. The molecule has 0 unspecified atom stereocenters. The van der Waals surface area contributed by atoms with E-state index in [1.54, 1.807) is 17.0 Å². The van der Waals surface area contributed by atoms with Gasteiger partial charge in [-0.3, -0.25) is 9.59 Å². The van der Waals surface area contributed by atoms with E-state index in [1.807, 2.05) is 38.1 Å². The molecule has 3 rings (SSSR count). The number of nitrogens with one attached hydrogen (secondary N) is 1. The number of carbonyl (C=O) groups excluding carboxylic acids is 2. The summed E-state index contributed by atoms with van der Waals surface area (Å²) in [6.45, 7) is 4.32. The summed E-state index contributed by atoms with van der Waals surface area (Å²) in [4.78, 5) is 26.8. The minimum atomic E-state index is -0.467. The Kier molecular flexibility index (Phi) is 4.42. The molecule has 2 N–H and O–H groups in total. The zero-order valence-corrected chi connectivity index (χ0v) is 14.0. The fourth-order valence-corrected chi connectivity index (χ4v) is 3.25. The Morgan fingerprint density at radius 3 is 2.71 bits per heavy atom. The SMILES string of the molecule is CC(C)NC(=O)[C@H]1CCCN1C(=O)c1ccc2ccccc2c1O. The summed E-state index contributed by atoms with van der Waals surface area (Å²) in [6, 6.07) is 10.4. The molecule has 0 bridgehead atoms. The molecule has 0 saturated carbocycles. The summed E-state index contributed by atoms with van der Waals surface area (Å²) >= 11 is 0. The van der Waals surface area contributed by atoms with Crippen molar-refractivity contribution < 1.29 is 14.7 Å². The average Bonchev–Trinajstić information content (AvgIpc) is 3.04. The van der Waals surface area contributed by atoms with E-state index >= 15 is 0 Å². The van der Waals surface area contributed by atoms with Gasteiger partial charge in [-0.05, 0) is 38.1 Å².